The van der Waals surface area contributed by atoms with Gasteiger partial charge in [-0.05, 0) is 43.4 Å². The first-order valence-corrected chi connectivity index (χ1v) is 7.58. The van der Waals surface area contributed by atoms with Gasteiger partial charge in [-0.15, -0.1) is 0 Å². The Morgan fingerprint density at radius 2 is 2.26 bits per heavy atom. The molecule has 2 aliphatic rings. The van der Waals surface area contributed by atoms with Gasteiger partial charge in [0.05, 0.1) is 0 Å². The fraction of sp³-hybridized carbons (Fsp3) is 0.625. The number of hydrogen-bond acceptors (Lipinski definition) is 3. The van der Waals surface area contributed by atoms with E-state index in [-0.39, 0.29) is 0 Å². The molecule has 1 aromatic rings. The van der Waals surface area contributed by atoms with Gasteiger partial charge < -0.3 is 10.4 Å². The van der Waals surface area contributed by atoms with Gasteiger partial charge in [-0.2, -0.15) is 0 Å². The second-order valence-electron chi connectivity index (χ2n) is 5.76. The summed E-state index contributed by atoms with van der Waals surface area (Å²) >= 11 is 0. The summed E-state index contributed by atoms with van der Waals surface area (Å²) in [6, 6.07) is 7.24. The Kier molecular flexibility index (Phi) is 4.04. The molecule has 2 aliphatic heterocycles. The largest absolute Gasteiger partial charge is 0.396 e. The minimum Gasteiger partial charge on any atom is -0.396 e. The van der Waals surface area contributed by atoms with Crippen molar-refractivity contribution in [3.05, 3.63) is 29.3 Å². The van der Waals surface area contributed by atoms with Crippen LogP contribution in [-0.4, -0.2) is 35.7 Å². The van der Waals surface area contributed by atoms with Crippen molar-refractivity contribution in [3.8, 4) is 0 Å². The quantitative estimate of drug-likeness (QED) is 0.872. The smallest absolute Gasteiger partial charge is 0.0445 e. The van der Waals surface area contributed by atoms with Gasteiger partial charge >= 0.3 is 0 Å². The van der Waals surface area contributed by atoms with Crippen LogP contribution in [0.2, 0.25) is 0 Å². The summed E-state index contributed by atoms with van der Waals surface area (Å²) in [7, 11) is 0. The molecule has 0 bridgehead atoms. The first-order valence-electron chi connectivity index (χ1n) is 7.58. The number of anilines is 1. The summed E-state index contributed by atoms with van der Waals surface area (Å²) in [6.45, 7) is 3.59. The van der Waals surface area contributed by atoms with Crippen LogP contribution in [0.4, 0.5) is 5.69 Å². The second-order valence-corrected chi connectivity index (χ2v) is 5.76. The highest BCUT2D eigenvalue weighted by atomic mass is 16.3. The molecule has 0 aromatic heterocycles. The van der Waals surface area contributed by atoms with Crippen molar-refractivity contribution in [1.82, 2.24) is 4.90 Å². The minimum atomic E-state index is 0.312. The van der Waals surface area contributed by atoms with Gasteiger partial charge in [0.15, 0.2) is 0 Å². The third-order valence-corrected chi connectivity index (χ3v) is 4.52. The number of benzene rings is 1. The molecule has 2 N–H and O–H groups in total. The number of para-hydroxylation sites is 1. The van der Waals surface area contributed by atoms with E-state index in [2.05, 4.69) is 28.4 Å². The summed E-state index contributed by atoms with van der Waals surface area (Å²) in [5, 5.41) is 12.7. The van der Waals surface area contributed by atoms with Crippen LogP contribution < -0.4 is 5.32 Å². The average Bonchev–Trinajstić information content (AvgIpc) is 2.91. The van der Waals surface area contributed by atoms with E-state index in [1.165, 1.54) is 42.6 Å². The molecular weight excluding hydrogens is 236 g/mol. The number of rotatable bonds is 4. The zero-order valence-electron chi connectivity index (χ0n) is 11.6. The maximum atomic E-state index is 9.22. The molecule has 0 spiro atoms. The molecule has 19 heavy (non-hydrogen) atoms. The van der Waals surface area contributed by atoms with E-state index >= 15 is 0 Å². The fourth-order valence-electron chi connectivity index (χ4n) is 3.51. The van der Waals surface area contributed by atoms with E-state index < -0.39 is 0 Å². The van der Waals surface area contributed by atoms with Crippen LogP contribution in [-0.2, 0) is 13.0 Å². The normalized spacial score (nSPS) is 23.1. The lowest BCUT2D eigenvalue weighted by Crippen LogP contribution is -2.39. The van der Waals surface area contributed by atoms with Crippen molar-refractivity contribution in [2.75, 3.05) is 25.0 Å². The second kappa shape index (κ2) is 5.93. The van der Waals surface area contributed by atoms with E-state index in [4.69, 9.17) is 0 Å². The predicted molar refractivity (Wildman–Crippen MR) is 78.4 cm³/mol. The predicted octanol–water partition coefficient (Wildman–Crippen LogP) is 2.39. The first-order chi connectivity index (χ1) is 9.38. The highest BCUT2D eigenvalue weighted by Crippen LogP contribution is 2.29. The van der Waals surface area contributed by atoms with Crippen LogP contribution in [0.15, 0.2) is 18.2 Å². The molecule has 0 radical (unpaired) electrons. The van der Waals surface area contributed by atoms with Crippen molar-refractivity contribution >= 4 is 5.69 Å². The number of hydrogen-bond donors (Lipinski definition) is 2. The first kappa shape index (κ1) is 12.9. The van der Waals surface area contributed by atoms with Crippen LogP contribution >= 0.6 is 0 Å². The average molecular weight is 260 g/mol. The summed E-state index contributed by atoms with van der Waals surface area (Å²) < 4.78 is 0. The molecule has 3 nitrogen and oxygen atoms in total. The summed E-state index contributed by atoms with van der Waals surface area (Å²) in [5.41, 5.74) is 4.27. The van der Waals surface area contributed by atoms with Crippen molar-refractivity contribution in [1.29, 1.82) is 0 Å². The number of aliphatic hydroxyl groups is 1. The van der Waals surface area contributed by atoms with Gasteiger partial charge in [-0.1, -0.05) is 24.6 Å². The lowest BCUT2D eigenvalue weighted by atomic mass is 9.98. The molecular formula is C16H24N2O. The standard InChI is InChI=1S/C16H24N2O/c19-11-8-15-6-1-2-10-18(15)12-14-5-3-4-13-7-9-17-16(13)14/h3-5,15,17,19H,1-2,6-12H2. The molecule has 104 valence electrons. The zero-order valence-corrected chi connectivity index (χ0v) is 11.6. The van der Waals surface area contributed by atoms with E-state index in [1.807, 2.05) is 0 Å². The molecule has 1 unspecified atom stereocenters. The Morgan fingerprint density at radius 3 is 3.16 bits per heavy atom. The molecule has 0 amide bonds. The van der Waals surface area contributed by atoms with Gasteiger partial charge in [-0.25, -0.2) is 0 Å². The van der Waals surface area contributed by atoms with E-state index in [9.17, 15) is 5.11 Å². The Morgan fingerprint density at radius 1 is 1.32 bits per heavy atom. The van der Waals surface area contributed by atoms with Gasteiger partial charge in [-0.3, -0.25) is 4.90 Å². The van der Waals surface area contributed by atoms with E-state index in [0.717, 1.165) is 25.9 Å². The number of aliphatic hydroxyl groups excluding tert-OH is 1. The van der Waals surface area contributed by atoms with Crippen LogP contribution in [0.3, 0.4) is 0 Å². The van der Waals surface area contributed by atoms with Crippen LogP contribution in [0.25, 0.3) is 0 Å². The third kappa shape index (κ3) is 2.77. The Balaban J connectivity index is 1.74. The molecule has 2 heterocycles. The fourth-order valence-corrected chi connectivity index (χ4v) is 3.51. The summed E-state index contributed by atoms with van der Waals surface area (Å²) in [5.74, 6) is 0. The lowest BCUT2D eigenvalue weighted by Gasteiger charge is -2.36. The molecule has 1 fully saturated rings. The van der Waals surface area contributed by atoms with Crippen LogP contribution in [0.5, 0.6) is 0 Å². The Hall–Kier alpha value is -1.06. The highest BCUT2D eigenvalue weighted by molar-refractivity contribution is 5.61. The Bertz CT molecular complexity index is 431. The van der Waals surface area contributed by atoms with Gasteiger partial charge in [0.1, 0.15) is 0 Å². The van der Waals surface area contributed by atoms with E-state index in [1.54, 1.807) is 0 Å². The molecule has 1 atom stereocenters. The topological polar surface area (TPSA) is 35.5 Å². The van der Waals surface area contributed by atoms with E-state index in [0.29, 0.717) is 12.6 Å². The molecule has 1 aromatic carbocycles. The zero-order chi connectivity index (χ0) is 13.1. The lowest BCUT2D eigenvalue weighted by molar-refractivity contribution is 0.112. The minimum absolute atomic E-state index is 0.312. The molecule has 3 rings (SSSR count). The number of piperidine rings is 1. The van der Waals surface area contributed by atoms with Gasteiger partial charge in [0.25, 0.3) is 0 Å². The van der Waals surface area contributed by atoms with Crippen LogP contribution in [0.1, 0.15) is 36.8 Å². The molecule has 1 saturated heterocycles. The highest BCUT2D eigenvalue weighted by Gasteiger charge is 2.23. The summed E-state index contributed by atoms with van der Waals surface area (Å²) in [4.78, 5) is 2.56. The number of fused-ring (bicyclic) bond motifs is 1. The molecule has 3 heteroatoms. The molecule has 0 aliphatic carbocycles. The van der Waals surface area contributed by atoms with Gasteiger partial charge in [0, 0.05) is 31.4 Å². The maximum Gasteiger partial charge on any atom is 0.0445 e. The van der Waals surface area contributed by atoms with Gasteiger partial charge in [0.2, 0.25) is 0 Å². The van der Waals surface area contributed by atoms with Crippen LogP contribution in [0, 0.1) is 0 Å². The summed E-state index contributed by atoms with van der Waals surface area (Å²) in [6.07, 6.45) is 5.92. The number of nitrogens with zero attached hydrogens (tertiary/aromatic N) is 1. The third-order valence-electron chi connectivity index (χ3n) is 4.52. The maximum absolute atomic E-state index is 9.22. The van der Waals surface area contributed by atoms with Crippen molar-refractivity contribution in [2.24, 2.45) is 0 Å². The monoisotopic (exact) mass is 260 g/mol. The van der Waals surface area contributed by atoms with Crippen molar-refractivity contribution in [3.63, 3.8) is 0 Å². The van der Waals surface area contributed by atoms with Crippen molar-refractivity contribution in [2.45, 2.75) is 44.7 Å². The molecule has 0 saturated carbocycles. The van der Waals surface area contributed by atoms with Crippen molar-refractivity contribution < 1.29 is 5.11 Å². The Labute approximate surface area is 115 Å². The number of nitrogens with one attached hydrogen (secondary N) is 1. The number of likely N-dealkylation sites (tertiary alicyclic amines) is 1. The SMILES string of the molecule is OCCC1CCCCN1Cc1cccc2c1NCC2.